The van der Waals surface area contributed by atoms with Crippen LogP contribution in [0.5, 0.6) is 0 Å². The fourth-order valence-corrected chi connectivity index (χ4v) is 0.318. The number of esters is 1. The van der Waals surface area contributed by atoms with E-state index in [1.807, 2.05) is 6.92 Å². The van der Waals surface area contributed by atoms with Crippen molar-refractivity contribution in [3.05, 3.63) is 6.10 Å². The van der Waals surface area contributed by atoms with Crippen LogP contribution in [0.3, 0.4) is 0 Å². The molecule has 2 heteroatoms. The van der Waals surface area contributed by atoms with E-state index in [9.17, 15) is 4.79 Å². The van der Waals surface area contributed by atoms with Gasteiger partial charge in [-0.15, -0.1) is 0 Å². The SMILES string of the molecule is CC[C](C)OC(C)=O. The van der Waals surface area contributed by atoms with Crippen LogP contribution in [0.1, 0.15) is 27.2 Å². The average molecular weight is 115 g/mol. The van der Waals surface area contributed by atoms with E-state index in [0.29, 0.717) is 0 Å². The van der Waals surface area contributed by atoms with E-state index in [0.717, 1.165) is 12.5 Å². The van der Waals surface area contributed by atoms with E-state index in [-0.39, 0.29) is 5.97 Å². The summed E-state index contributed by atoms with van der Waals surface area (Å²) in [7, 11) is 0. The molecule has 0 saturated carbocycles. The smallest absolute Gasteiger partial charge is 0.303 e. The molecule has 0 rings (SSSR count). The number of ether oxygens (including phenoxy) is 1. The van der Waals surface area contributed by atoms with Crippen molar-refractivity contribution in [3.63, 3.8) is 0 Å². The van der Waals surface area contributed by atoms with Gasteiger partial charge in [0, 0.05) is 6.92 Å². The highest BCUT2D eigenvalue weighted by Crippen LogP contribution is 2.04. The Morgan fingerprint density at radius 2 is 2.00 bits per heavy atom. The van der Waals surface area contributed by atoms with E-state index >= 15 is 0 Å². The van der Waals surface area contributed by atoms with Crippen LogP contribution in [0, 0.1) is 6.10 Å². The quantitative estimate of drug-likeness (QED) is 0.510. The molecular weight excluding hydrogens is 104 g/mol. The Bertz CT molecular complexity index is 78.6. The predicted octanol–water partition coefficient (Wildman–Crippen LogP) is 1.51. The Morgan fingerprint density at radius 1 is 1.50 bits per heavy atom. The van der Waals surface area contributed by atoms with Crippen molar-refractivity contribution in [2.24, 2.45) is 0 Å². The zero-order valence-electron chi connectivity index (χ0n) is 5.52. The summed E-state index contributed by atoms with van der Waals surface area (Å²) in [6, 6.07) is 0. The van der Waals surface area contributed by atoms with Gasteiger partial charge in [-0.2, -0.15) is 0 Å². The average Bonchev–Trinajstić information content (AvgIpc) is 1.65. The molecule has 0 atom stereocenters. The number of hydrogen-bond donors (Lipinski definition) is 0. The molecule has 8 heavy (non-hydrogen) atoms. The van der Waals surface area contributed by atoms with Crippen LogP contribution in [0.15, 0.2) is 0 Å². The van der Waals surface area contributed by atoms with Gasteiger partial charge in [-0.3, -0.25) is 4.79 Å². The van der Waals surface area contributed by atoms with Crippen LogP contribution < -0.4 is 0 Å². The number of carbonyl (C=O) groups excluding carboxylic acids is 1. The largest absolute Gasteiger partial charge is 0.455 e. The highest BCUT2D eigenvalue weighted by molar-refractivity contribution is 5.66. The lowest BCUT2D eigenvalue weighted by Crippen LogP contribution is -2.02. The summed E-state index contributed by atoms with van der Waals surface area (Å²) >= 11 is 0. The van der Waals surface area contributed by atoms with Gasteiger partial charge in [0.1, 0.15) is 6.10 Å². The highest BCUT2D eigenvalue weighted by Gasteiger charge is 2.00. The first-order valence-electron chi connectivity index (χ1n) is 2.67. The van der Waals surface area contributed by atoms with Crippen LogP contribution in [-0.4, -0.2) is 5.97 Å². The monoisotopic (exact) mass is 115 g/mol. The molecule has 0 amide bonds. The highest BCUT2D eigenvalue weighted by atomic mass is 16.5. The maximum Gasteiger partial charge on any atom is 0.303 e. The summed E-state index contributed by atoms with van der Waals surface area (Å²) in [6.07, 6.45) is 1.58. The Labute approximate surface area is 49.8 Å². The molecule has 0 aliphatic rings. The standard InChI is InChI=1S/C6H11O2/c1-4-5(2)8-6(3)7/h4H2,1-3H3. The summed E-state index contributed by atoms with van der Waals surface area (Å²) < 4.78 is 4.68. The lowest BCUT2D eigenvalue weighted by molar-refractivity contribution is -0.139. The summed E-state index contributed by atoms with van der Waals surface area (Å²) in [5.41, 5.74) is 0. The topological polar surface area (TPSA) is 26.3 Å². The minimum atomic E-state index is -0.232. The van der Waals surface area contributed by atoms with Crippen LogP contribution >= 0.6 is 0 Å². The zero-order valence-corrected chi connectivity index (χ0v) is 5.52. The van der Waals surface area contributed by atoms with Gasteiger partial charge in [-0.25, -0.2) is 0 Å². The van der Waals surface area contributed by atoms with E-state index in [2.05, 4.69) is 4.74 Å². The molecule has 0 aliphatic carbocycles. The van der Waals surface area contributed by atoms with Crippen molar-refractivity contribution in [2.45, 2.75) is 27.2 Å². The minimum absolute atomic E-state index is 0.232. The summed E-state index contributed by atoms with van der Waals surface area (Å²) in [5, 5.41) is 0. The summed E-state index contributed by atoms with van der Waals surface area (Å²) in [4.78, 5) is 10.2. The molecule has 0 unspecified atom stereocenters. The molecule has 0 fully saturated rings. The second-order valence-corrected chi connectivity index (χ2v) is 1.65. The lowest BCUT2D eigenvalue weighted by Gasteiger charge is -2.04. The third kappa shape index (κ3) is 3.65. The molecule has 0 bridgehead atoms. The van der Waals surface area contributed by atoms with Gasteiger partial charge < -0.3 is 4.74 Å². The van der Waals surface area contributed by atoms with Gasteiger partial charge in [-0.05, 0) is 13.3 Å². The molecule has 0 aromatic heterocycles. The maximum absolute atomic E-state index is 10.2. The molecule has 0 aromatic carbocycles. The van der Waals surface area contributed by atoms with Crippen LogP contribution in [-0.2, 0) is 9.53 Å². The van der Waals surface area contributed by atoms with E-state index < -0.39 is 0 Å². The first-order valence-corrected chi connectivity index (χ1v) is 2.67. The molecule has 1 radical (unpaired) electrons. The van der Waals surface area contributed by atoms with Crippen molar-refractivity contribution in [1.82, 2.24) is 0 Å². The lowest BCUT2D eigenvalue weighted by atomic mass is 10.3. The predicted molar refractivity (Wildman–Crippen MR) is 31.0 cm³/mol. The van der Waals surface area contributed by atoms with Crippen LogP contribution in [0.2, 0.25) is 0 Å². The second-order valence-electron chi connectivity index (χ2n) is 1.65. The van der Waals surface area contributed by atoms with Crippen molar-refractivity contribution in [1.29, 1.82) is 0 Å². The van der Waals surface area contributed by atoms with Crippen molar-refractivity contribution >= 4 is 5.97 Å². The summed E-state index contributed by atoms with van der Waals surface area (Å²) in [5.74, 6) is -0.232. The number of rotatable bonds is 2. The first-order chi connectivity index (χ1) is 3.66. The number of carbonyl (C=O) groups is 1. The van der Waals surface area contributed by atoms with Gasteiger partial charge in [0.05, 0.1) is 0 Å². The van der Waals surface area contributed by atoms with Crippen LogP contribution in [0.25, 0.3) is 0 Å². The Morgan fingerprint density at radius 3 is 2.12 bits per heavy atom. The van der Waals surface area contributed by atoms with E-state index in [4.69, 9.17) is 0 Å². The van der Waals surface area contributed by atoms with Crippen molar-refractivity contribution in [2.75, 3.05) is 0 Å². The van der Waals surface area contributed by atoms with Crippen LogP contribution in [0.4, 0.5) is 0 Å². The molecule has 0 saturated heterocycles. The van der Waals surface area contributed by atoms with Crippen molar-refractivity contribution in [3.8, 4) is 0 Å². The normalized spacial score (nSPS) is 9.50. The second kappa shape index (κ2) is 3.47. The van der Waals surface area contributed by atoms with Gasteiger partial charge in [-0.1, -0.05) is 6.92 Å². The van der Waals surface area contributed by atoms with E-state index in [1.165, 1.54) is 6.92 Å². The maximum atomic E-state index is 10.2. The molecule has 0 heterocycles. The molecule has 0 N–H and O–H groups in total. The molecule has 0 aliphatic heterocycles. The third-order valence-corrected chi connectivity index (χ3v) is 0.816. The Balaban J connectivity index is 3.24. The van der Waals surface area contributed by atoms with Crippen molar-refractivity contribution < 1.29 is 9.53 Å². The van der Waals surface area contributed by atoms with Gasteiger partial charge in [0.2, 0.25) is 0 Å². The Kier molecular flexibility index (Phi) is 3.24. The molecular formula is C6H11O2. The molecule has 2 nitrogen and oxygen atoms in total. The van der Waals surface area contributed by atoms with Gasteiger partial charge in [0.15, 0.2) is 0 Å². The fraction of sp³-hybridized carbons (Fsp3) is 0.667. The van der Waals surface area contributed by atoms with E-state index in [1.54, 1.807) is 6.92 Å². The zero-order chi connectivity index (χ0) is 6.57. The summed E-state index contributed by atoms with van der Waals surface area (Å²) in [6.45, 7) is 5.14. The first kappa shape index (κ1) is 7.47. The third-order valence-electron chi connectivity index (χ3n) is 0.816. The minimum Gasteiger partial charge on any atom is -0.455 e. The van der Waals surface area contributed by atoms with Gasteiger partial charge >= 0.3 is 5.97 Å². The molecule has 0 spiro atoms. The molecule has 47 valence electrons. The molecule has 0 aromatic rings. The Hall–Kier alpha value is -0.530. The fourth-order valence-electron chi connectivity index (χ4n) is 0.318. The van der Waals surface area contributed by atoms with Gasteiger partial charge in [0.25, 0.3) is 0 Å². The number of hydrogen-bond acceptors (Lipinski definition) is 2.